The van der Waals surface area contributed by atoms with E-state index in [0.717, 1.165) is 11.4 Å². The Morgan fingerprint density at radius 2 is 2.00 bits per heavy atom. The second kappa shape index (κ2) is 6.07. The van der Waals surface area contributed by atoms with Gasteiger partial charge in [-0.25, -0.2) is 0 Å². The summed E-state index contributed by atoms with van der Waals surface area (Å²) >= 11 is 0. The van der Waals surface area contributed by atoms with Crippen LogP contribution in [0.15, 0.2) is 4.52 Å². The maximum Gasteiger partial charge on any atom is 0.246 e. The second-order valence-corrected chi connectivity index (χ2v) is 5.25. The molecule has 1 amide bonds. The van der Waals surface area contributed by atoms with Crippen LogP contribution in [0.2, 0.25) is 0 Å². The number of amides is 1. The van der Waals surface area contributed by atoms with Crippen molar-refractivity contribution in [2.75, 3.05) is 7.05 Å². The van der Waals surface area contributed by atoms with E-state index in [1.54, 1.807) is 18.9 Å². The molecular formula is C14H21N5O2. The Hall–Kier alpha value is -2.18. The van der Waals surface area contributed by atoms with Gasteiger partial charge in [-0.15, -0.1) is 0 Å². The first-order valence-electron chi connectivity index (χ1n) is 6.92. The Morgan fingerprint density at radius 3 is 2.52 bits per heavy atom. The molecule has 0 aliphatic carbocycles. The molecule has 0 saturated carbocycles. The van der Waals surface area contributed by atoms with Crippen molar-refractivity contribution in [2.45, 2.75) is 47.2 Å². The zero-order valence-electron chi connectivity index (χ0n) is 13.2. The van der Waals surface area contributed by atoms with E-state index in [1.807, 2.05) is 25.5 Å². The SMILES string of the molecule is Cc1noc(CN(C)C(=O)CCn2nc(C)c(C)c2C)n1. The zero-order valence-corrected chi connectivity index (χ0v) is 13.2. The molecule has 0 saturated heterocycles. The Labute approximate surface area is 123 Å². The van der Waals surface area contributed by atoms with Gasteiger partial charge in [0.1, 0.15) is 0 Å². The van der Waals surface area contributed by atoms with Crippen LogP contribution >= 0.6 is 0 Å². The number of rotatable bonds is 5. The van der Waals surface area contributed by atoms with E-state index >= 15 is 0 Å². The standard InChI is InChI=1S/C14H21N5O2/c1-9-10(2)16-19(11(9)3)7-6-14(20)18(5)8-13-15-12(4)17-21-13/h6-8H2,1-5H3. The fourth-order valence-corrected chi connectivity index (χ4v) is 2.09. The highest BCUT2D eigenvalue weighted by molar-refractivity contribution is 5.75. The van der Waals surface area contributed by atoms with Gasteiger partial charge in [0.05, 0.1) is 12.2 Å². The number of nitrogens with zero attached hydrogens (tertiary/aromatic N) is 5. The van der Waals surface area contributed by atoms with Crippen LogP contribution in [0.25, 0.3) is 0 Å². The first-order valence-corrected chi connectivity index (χ1v) is 6.92. The molecular weight excluding hydrogens is 270 g/mol. The van der Waals surface area contributed by atoms with Crippen LogP contribution in [-0.4, -0.2) is 37.8 Å². The smallest absolute Gasteiger partial charge is 0.246 e. The molecule has 0 spiro atoms. The topological polar surface area (TPSA) is 77.0 Å². The lowest BCUT2D eigenvalue weighted by Crippen LogP contribution is -2.27. The van der Waals surface area contributed by atoms with Crippen LogP contribution in [0.1, 0.15) is 35.1 Å². The van der Waals surface area contributed by atoms with Crippen LogP contribution < -0.4 is 0 Å². The molecule has 0 aromatic carbocycles. The number of carbonyl (C=O) groups excluding carboxylic acids is 1. The third-order valence-corrected chi connectivity index (χ3v) is 3.65. The van der Waals surface area contributed by atoms with Gasteiger partial charge in [0.25, 0.3) is 0 Å². The lowest BCUT2D eigenvalue weighted by Gasteiger charge is -2.15. The first-order chi connectivity index (χ1) is 9.88. The summed E-state index contributed by atoms with van der Waals surface area (Å²) in [6.07, 6.45) is 0.394. The molecule has 7 heteroatoms. The summed E-state index contributed by atoms with van der Waals surface area (Å²) in [5.41, 5.74) is 3.29. The minimum absolute atomic E-state index is 0.0241. The Balaban J connectivity index is 1.90. The molecule has 2 aromatic heterocycles. The molecule has 0 atom stereocenters. The van der Waals surface area contributed by atoms with Gasteiger partial charge in [0, 0.05) is 25.7 Å². The molecule has 0 aliphatic heterocycles. The van der Waals surface area contributed by atoms with Crippen LogP contribution in [-0.2, 0) is 17.9 Å². The molecule has 0 aliphatic rings. The van der Waals surface area contributed by atoms with E-state index < -0.39 is 0 Å². The Bertz CT molecular complexity index is 644. The highest BCUT2D eigenvalue weighted by Crippen LogP contribution is 2.11. The number of carbonyl (C=O) groups is 1. The summed E-state index contributed by atoms with van der Waals surface area (Å²) in [5.74, 6) is 1.05. The van der Waals surface area contributed by atoms with Crippen LogP contribution in [0.4, 0.5) is 0 Å². The molecule has 0 N–H and O–H groups in total. The van der Waals surface area contributed by atoms with Crippen LogP contribution in [0, 0.1) is 27.7 Å². The molecule has 2 rings (SSSR count). The van der Waals surface area contributed by atoms with Crippen molar-refractivity contribution in [1.82, 2.24) is 24.8 Å². The normalized spacial score (nSPS) is 10.9. The van der Waals surface area contributed by atoms with E-state index in [-0.39, 0.29) is 5.91 Å². The van der Waals surface area contributed by atoms with Crippen LogP contribution in [0.5, 0.6) is 0 Å². The van der Waals surface area contributed by atoms with Crippen molar-refractivity contribution in [1.29, 1.82) is 0 Å². The van der Waals surface area contributed by atoms with E-state index in [4.69, 9.17) is 4.52 Å². The highest BCUT2D eigenvalue weighted by Gasteiger charge is 2.14. The maximum atomic E-state index is 12.1. The molecule has 2 aromatic rings. The summed E-state index contributed by atoms with van der Waals surface area (Å²) in [6, 6.07) is 0. The van der Waals surface area contributed by atoms with Gasteiger partial charge in [-0.2, -0.15) is 10.1 Å². The Kier molecular flexibility index (Phi) is 4.40. The quantitative estimate of drug-likeness (QED) is 0.835. The number of aromatic nitrogens is 4. The van der Waals surface area contributed by atoms with Gasteiger partial charge in [-0.1, -0.05) is 5.16 Å². The van der Waals surface area contributed by atoms with Gasteiger partial charge in [0.15, 0.2) is 5.82 Å². The first kappa shape index (κ1) is 15.2. The monoisotopic (exact) mass is 291 g/mol. The number of aryl methyl sites for hydroxylation is 3. The third-order valence-electron chi connectivity index (χ3n) is 3.65. The molecule has 21 heavy (non-hydrogen) atoms. The predicted octanol–water partition coefficient (Wildman–Crippen LogP) is 1.55. The van der Waals surface area contributed by atoms with E-state index in [1.165, 1.54) is 5.56 Å². The fraction of sp³-hybridized carbons (Fsp3) is 0.571. The molecule has 0 fully saturated rings. The van der Waals surface area contributed by atoms with Gasteiger partial charge in [-0.05, 0) is 33.3 Å². The summed E-state index contributed by atoms with van der Waals surface area (Å²) in [6.45, 7) is 8.69. The summed E-state index contributed by atoms with van der Waals surface area (Å²) < 4.78 is 6.90. The number of hydrogen-bond donors (Lipinski definition) is 0. The van der Waals surface area contributed by atoms with Gasteiger partial charge >= 0.3 is 0 Å². The molecule has 2 heterocycles. The largest absolute Gasteiger partial charge is 0.337 e. The second-order valence-electron chi connectivity index (χ2n) is 5.25. The molecule has 0 radical (unpaired) electrons. The minimum Gasteiger partial charge on any atom is -0.337 e. The molecule has 0 bridgehead atoms. The van der Waals surface area contributed by atoms with Gasteiger partial charge in [0.2, 0.25) is 11.8 Å². The van der Waals surface area contributed by atoms with Gasteiger partial charge < -0.3 is 9.42 Å². The predicted molar refractivity (Wildman–Crippen MR) is 76.6 cm³/mol. The number of hydrogen-bond acceptors (Lipinski definition) is 5. The highest BCUT2D eigenvalue weighted by atomic mass is 16.5. The van der Waals surface area contributed by atoms with Crippen molar-refractivity contribution >= 4 is 5.91 Å². The fourth-order valence-electron chi connectivity index (χ4n) is 2.09. The minimum atomic E-state index is 0.0241. The average Bonchev–Trinajstić information content (AvgIpc) is 2.95. The van der Waals surface area contributed by atoms with Gasteiger partial charge in [-0.3, -0.25) is 9.48 Å². The molecule has 0 unspecified atom stereocenters. The van der Waals surface area contributed by atoms with Crippen molar-refractivity contribution < 1.29 is 9.32 Å². The van der Waals surface area contributed by atoms with Crippen molar-refractivity contribution in [3.63, 3.8) is 0 Å². The summed E-state index contributed by atoms with van der Waals surface area (Å²) in [5, 5.41) is 8.14. The molecule has 114 valence electrons. The molecule has 7 nitrogen and oxygen atoms in total. The van der Waals surface area contributed by atoms with E-state index in [9.17, 15) is 4.79 Å². The maximum absolute atomic E-state index is 12.1. The third kappa shape index (κ3) is 3.48. The summed E-state index contributed by atoms with van der Waals surface area (Å²) in [7, 11) is 1.73. The summed E-state index contributed by atoms with van der Waals surface area (Å²) in [4.78, 5) is 17.8. The zero-order chi connectivity index (χ0) is 15.6. The average molecular weight is 291 g/mol. The lowest BCUT2D eigenvalue weighted by molar-refractivity contribution is -0.131. The van der Waals surface area contributed by atoms with E-state index in [2.05, 4.69) is 15.2 Å². The Morgan fingerprint density at radius 1 is 1.29 bits per heavy atom. The van der Waals surface area contributed by atoms with Crippen LogP contribution in [0.3, 0.4) is 0 Å². The lowest BCUT2D eigenvalue weighted by atomic mass is 10.2. The van der Waals surface area contributed by atoms with Crippen molar-refractivity contribution in [3.8, 4) is 0 Å². The van der Waals surface area contributed by atoms with E-state index in [0.29, 0.717) is 31.2 Å². The van der Waals surface area contributed by atoms with Crippen molar-refractivity contribution in [3.05, 3.63) is 28.7 Å². The van der Waals surface area contributed by atoms with Crippen molar-refractivity contribution in [2.24, 2.45) is 0 Å².